The Bertz CT molecular complexity index is 655. The number of hydrogen-bond acceptors (Lipinski definition) is 4. The van der Waals surface area contributed by atoms with Crippen molar-refractivity contribution in [2.75, 3.05) is 12.4 Å². The van der Waals surface area contributed by atoms with Crippen molar-refractivity contribution in [3.63, 3.8) is 0 Å². The predicted molar refractivity (Wildman–Crippen MR) is 85.2 cm³/mol. The van der Waals surface area contributed by atoms with Gasteiger partial charge in [0, 0.05) is 4.88 Å². The lowest BCUT2D eigenvalue weighted by atomic mass is 10.2. The minimum absolute atomic E-state index is 0.290. The van der Waals surface area contributed by atoms with Gasteiger partial charge >= 0.3 is 5.97 Å². The highest BCUT2D eigenvalue weighted by Gasteiger charge is 2.21. The maximum Gasteiger partial charge on any atom is 0.350 e. The van der Waals surface area contributed by atoms with Gasteiger partial charge in [0.1, 0.15) is 4.88 Å². The predicted octanol–water partition coefficient (Wildman–Crippen LogP) is 3.94. The smallest absolute Gasteiger partial charge is 0.350 e. The van der Waals surface area contributed by atoms with Crippen molar-refractivity contribution < 1.29 is 14.3 Å². The van der Waals surface area contributed by atoms with Crippen LogP contribution in [0, 0.1) is 0 Å². The van der Waals surface area contributed by atoms with E-state index in [1.165, 1.54) is 18.4 Å². The Hall–Kier alpha value is -1.56. The number of anilines is 1. The van der Waals surface area contributed by atoms with E-state index in [-0.39, 0.29) is 0 Å². The highest BCUT2D eigenvalue weighted by Crippen LogP contribution is 2.35. The number of methoxy groups -OCH3 is 1. The maximum atomic E-state index is 11.8. The van der Waals surface area contributed by atoms with Gasteiger partial charge in [-0.1, -0.05) is 53.5 Å². The first kappa shape index (κ1) is 15.8. The zero-order chi connectivity index (χ0) is 15.4. The second-order valence-electron chi connectivity index (χ2n) is 4.00. The van der Waals surface area contributed by atoms with Crippen LogP contribution in [0.25, 0.3) is 10.4 Å². The molecule has 1 heterocycles. The van der Waals surface area contributed by atoms with Crippen molar-refractivity contribution in [1.29, 1.82) is 0 Å². The van der Waals surface area contributed by atoms with Crippen molar-refractivity contribution in [3.05, 3.63) is 41.3 Å². The van der Waals surface area contributed by atoms with Crippen LogP contribution in [0.2, 0.25) is 0 Å². The number of alkyl halides is 2. The quantitative estimate of drug-likeness (QED) is 0.675. The molecule has 0 aliphatic heterocycles. The van der Waals surface area contributed by atoms with Gasteiger partial charge in [0.05, 0.1) is 12.8 Å². The van der Waals surface area contributed by atoms with E-state index in [4.69, 9.17) is 27.9 Å². The summed E-state index contributed by atoms with van der Waals surface area (Å²) in [4.78, 5) is 23.3. The van der Waals surface area contributed by atoms with Crippen molar-refractivity contribution >= 4 is 52.1 Å². The molecule has 0 unspecified atom stereocenters. The van der Waals surface area contributed by atoms with Gasteiger partial charge in [-0.3, -0.25) is 4.79 Å². The normalized spacial score (nSPS) is 10.5. The molecule has 0 aliphatic rings. The Morgan fingerprint density at radius 1 is 1.24 bits per heavy atom. The zero-order valence-electron chi connectivity index (χ0n) is 10.9. The first-order valence-corrected chi connectivity index (χ1v) is 7.58. The average Bonchev–Trinajstić information content (AvgIpc) is 2.91. The van der Waals surface area contributed by atoms with Gasteiger partial charge in [-0.2, -0.15) is 0 Å². The number of benzene rings is 1. The number of amides is 1. The molecule has 0 saturated carbocycles. The highest BCUT2D eigenvalue weighted by atomic mass is 35.5. The molecule has 2 aromatic rings. The van der Waals surface area contributed by atoms with Gasteiger partial charge in [0.15, 0.2) is 4.84 Å². The van der Waals surface area contributed by atoms with Gasteiger partial charge in [-0.15, -0.1) is 11.3 Å². The molecule has 2 rings (SSSR count). The Labute approximate surface area is 135 Å². The summed E-state index contributed by atoms with van der Waals surface area (Å²) in [6.45, 7) is 0. The fourth-order valence-corrected chi connectivity index (χ4v) is 2.81. The van der Waals surface area contributed by atoms with Crippen molar-refractivity contribution in [1.82, 2.24) is 0 Å². The molecule has 0 spiro atoms. The second kappa shape index (κ2) is 6.93. The summed E-state index contributed by atoms with van der Waals surface area (Å²) in [6.07, 6.45) is 0. The Kier molecular flexibility index (Phi) is 5.22. The lowest BCUT2D eigenvalue weighted by molar-refractivity contribution is -0.114. The van der Waals surface area contributed by atoms with E-state index < -0.39 is 16.7 Å². The Morgan fingerprint density at radius 2 is 1.90 bits per heavy atom. The molecule has 0 saturated heterocycles. The fraction of sp³-hybridized carbons (Fsp3) is 0.143. The molecule has 0 atom stereocenters. The van der Waals surface area contributed by atoms with Crippen LogP contribution in [-0.2, 0) is 9.53 Å². The van der Waals surface area contributed by atoms with Crippen molar-refractivity contribution in [2.45, 2.75) is 4.84 Å². The van der Waals surface area contributed by atoms with Crippen molar-refractivity contribution in [3.8, 4) is 10.4 Å². The number of nitrogens with one attached hydrogen (secondary N) is 1. The molecule has 110 valence electrons. The highest BCUT2D eigenvalue weighted by molar-refractivity contribution is 7.18. The largest absolute Gasteiger partial charge is 0.465 e. The van der Waals surface area contributed by atoms with Crippen molar-refractivity contribution in [2.24, 2.45) is 0 Å². The van der Waals surface area contributed by atoms with Crippen LogP contribution in [-0.4, -0.2) is 23.8 Å². The van der Waals surface area contributed by atoms with E-state index in [1.54, 1.807) is 6.07 Å². The molecule has 1 aromatic heterocycles. The number of ether oxygens (including phenoxy) is 1. The van der Waals surface area contributed by atoms with Crippen LogP contribution in [0.3, 0.4) is 0 Å². The number of carbonyl (C=O) groups is 2. The lowest BCUT2D eigenvalue weighted by Crippen LogP contribution is -2.19. The van der Waals surface area contributed by atoms with Crippen LogP contribution >= 0.6 is 34.5 Å². The third-order valence-corrected chi connectivity index (χ3v) is 4.18. The molecule has 1 amide bonds. The number of thiophene rings is 1. The van der Waals surface area contributed by atoms with Crippen LogP contribution in [0.4, 0.5) is 5.69 Å². The second-order valence-corrected chi connectivity index (χ2v) is 6.15. The number of hydrogen-bond donors (Lipinski definition) is 1. The molecule has 1 N–H and O–H groups in total. The van der Waals surface area contributed by atoms with Crippen LogP contribution < -0.4 is 5.32 Å². The van der Waals surface area contributed by atoms with Gasteiger partial charge in [0.25, 0.3) is 5.91 Å². The molecule has 7 heteroatoms. The van der Waals surface area contributed by atoms with E-state index in [0.717, 1.165) is 10.4 Å². The lowest BCUT2D eigenvalue weighted by Gasteiger charge is -2.05. The van der Waals surface area contributed by atoms with E-state index in [2.05, 4.69) is 5.32 Å². The molecule has 21 heavy (non-hydrogen) atoms. The topological polar surface area (TPSA) is 55.4 Å². The van der Waals surface area contributed by atoms with E-state index in [1.807, 2.05) is 30.3 Å². The molecule has 0 aliphatic carbocycles. The molecular formula is C14H11Cl2NO3S. The molecule has 0 radical (unpaired) electrons. The summed E-state index contributed by atoms with van der Waals surface area (Å²) in [7, 11) is 1.28. The molecule has 1 aromatic carbocycles. The Balaban J connectivity index is 2.40. The number of halogens is 2. The molecule has 0 bridgehead atoms. The fourth-order valence-electron chi connectivity index (χ4n) is 1.66. The Morgan fingerprint density at radius 3 is 2.48 bits per heavy atom. The monoisotopic (exact) mass is 343 g/mol. The molecule has 4 nitrogen and oxygen atoms in total. The maximum absolute atomic E-state index is 11.8. The summed E-state index contributed by atoms with van der Waals surface area (Å²) in [6, 6.07) is 11.2. The summed E-state index contributed by atoms with van der Waals surface area (Å²) in [5.41, 5.74) is 1.27. The first-order chi connectivity index (χ1) is 10.0. The summed E-state index contributed by atoms with van der Waals surface area (Å²) in [5.74, 6) is -1.13. The van der Waals surface area contributed by atoms with E-state index >= 15 is 0 Å². The van der Waals surface area contributed by atoms with Crippen LogP contribution in [0.5, 0.6) is 0 Å². The standard InChI is InChI=1S/C14H11Cl2NO3S/c1-20-14(19)11-9(17-13(18)12(15)16)7-10(21-11)8-5-3-2-4-6-8/h2-7,12H,1H3,(H,17,18). The third kappa shape index (κ3) is 3.75. The number of esters is 1. The zero-order valence-corrected chi connectivity index (χ0v) is 13.3. The number of rotatable bonds is 4. The molecule has 0 fully saturated rings. The summed E-state index contributed by atoms with van der Waals surface area (Å²) in [5, 5.41) is 2.52. The van der Waals surface area contributed by atoms with Gasteiger partial charge < -0.3 is 10.1 Å². The number of carbonyl (C=O) groups excluding carboxylic acids is 2. The van der Waals surface area contributed by atoms with Gasteiger partial charge in [-0.25, -0.2) is 4.79 Å². The van der Waals surface area contributed by atoms with Gasteiger partial charge in [-0.05, 0) is 11.6 Å². The summed E-state index contributed by atoms with van der Waals surface area (Å²) >= 11 is 12.2. The van der Waals surface area contributed by atoms with Crippen LogP contribution in [0.1, 0.15) is 9.67 Å². The minimum atomic E-state index is -1.21. The average molecular weight is 344 g/mol. The van der Waals surface area contributed by atoms with Crippen LogP contribution in [0.15, 0.2) is 36.4 Å². The SMILES string of the molecule is COC(=O)c1sc(-c2ccccc2)cc1NC(=O)C(Cl)Cl. The van der Waals surface area contributed by atoms with E-state index in [9.17, 15) is 9.59 Å². The van der Waals surface area contributed by atoms with E-state index in [0.29, 0.717) is 10.6 Å². The van der Waals surface area contributed by atoms with Gasteiger partial charge in [0.2, 0.25) is 0 Å². The minimum Gasteiger partial charge on any atom is -0.465 e. The molecular weight excluding hydrogens is 333 g/mol. The third-order valence-electron chi connectivity index (χ3n) is 2.62. The first-order valence-electron chi connectivity index (χ1n) is 5.89. The summed E-state index contributed by atoms with van der Waals surface area (Å²) < 4.78 is 4.72.